The van der Waals surface area contributed by atoms with E-state index in [4.69, 9.17) is 5.11 Å². The number of hydrogen-bond acceptors (Lipinski definition) is 3. The molecule has 2 fully saturated rings. The minimum Gasteiger partial charge on any atom is -0.481 e. The van der Waals surface area contributed by atoms with Gasteiger partial charge in [-0.05, 0) is 50.4 Å². The number of aliphatic carboxylic acids is 1. The van der Waals surface area contributed by atoms with Crippen LogP contribution >= 0.6 is 0 Å². The summed E-state index contributed by atoms with van der Waals surface area (Å²) >= 11 is 0. The van der Waals surface area contributed by atoms with Crippen LogP contribution in [0.3, 0.4) is 0 Å². The Balaban J connectivity index is 1.75. The van der Waals surface area contributed by atoms with Crippen molar-refractivity contribution in [2.45, 2.75) is 95.9 Å². The van der Waals surface area contributed by atoms with E-state index in [1.54, 1.807) is 0 Å². The first-order chi connectivity index (χ1) is 13.0. The molecule has 0 aromatic rings. The molecule has 0 saturated heterocycles. The quantitative estimate of drug-likeness (QED) is 0.392. The van der Waals surface area contributed by atoms with E-state index in [0.29, 0.717) is 18.3 Å². The largest absolute Gasteiger partial charge is 0.481 e. The Morgan fingerprint density at radius 3 is 2.44 bits per heavy atom. The van der Waals surface area contributed by atoms with Gasteiger partial charge in [0.2, 0.25) is 10.0 Å². The second-order valence-electron chi connectivity index (χ2n) is 8.37. The fraction of sp³-hybridized carbons (Fsp3) is 0.857. The Kier molecular flexibility index (Phi) is 9.83. The number of carboxylic acid groups (broad SMARTS) is 1. The average molecular weight is 400 g/mol. The van der Waals surface area contributed by atoms with Crippen molar-refractivity contribution in [3.05, 3.63) is 12.2 Å². The minimum absolute atomic E-state index is 0.0544. The van der Waals surface area contributed by atoms with E-state index in [9.17, 15) is 13.2 Å². The van der Waals surface area contributed by atoms with E-state index < -0.39 is 16.0 Å². The lowest BCUT2D eigenvalue weighted by atomic mass is 9.83. The molecular weight excluding hydrogens is 362 g/mol. The van der Waals surface area contributed by atoms with Gasteiger partial charge in [-0.3, -0.25) is 4.79 Å². The SMILES string of the molecule is O=C(O)CCC/C=C/CC1CCCCC1NS(=O)(=O)CCC1CCCCC1. The van der Waals surface area contributed by atoms with E-state index in [-0.39, 0.29) is 18.2 Å². The van der Waals surface area contributed by atoms with Crippen molar-refractivity contribution in [1.82, 2.24) is 4.72 Å². The van der Waals surface area contributed by atoms with Gasteiger partial charge in [-0.25, -0.2) is 13.1 Å². The summed E-state index contributed by atoms with van der Waals surface area (Å²) in [5.74, 6) is 0.467. The van der Waals surface area contributed by atoms with Gasteiger partial charge in [0.25, 0.3) is 0 Å². The van der Waals surface area contributed by atoms with Crippen molar-refractivity contribution in [2.24, 2.45) is 11.8 Å². The fourth-order valence-corrected chi connectivity index (χ4v) is 6.03. The first-order valence-corrected chi connectivity index (χ1v) is 12.5. The van der Waals surface area contributed by atoms with Gasteiger partial charge in [0.05, 0.1) is 5.75 Å². The van der Waals surface area contributed by atoms with Crippen molar-refractivity contribution >= 4 is 16.0 Å². The van der Waals surface area contributed by atoms with Crippen LogP contribution < -0.4 is 4.72 Å². The van der Waals surface area contributed by atoms with Crippen LogP contribution in [0.4, 0.5) is 0 Å². The Bertz CT molecular complexity index is 567. The van der Waals surface area contributed by atoms with Crippen LogP contribution in [-0.4, -0.2) is 31.3 Å². The number of hydrogen-bond donors (Lipinski definition) is 2. The van der Waals surface area contributed by atoms with Gasteiger partial charge in [-0.2, -0.15) is 0 Å². The molecule has 0 heterocycles. The Hall–Kier alpha value is -0.880. The number of allylic oxidation sites excluding steroid dienone is 2. The van der Waals surface area contributed by atoms with Crippen molar-refractivity contribution in [1.29, 1.82) is 0 Å². The average Bonchev–Trinajstić information content (AvgIpc) is 2.64. The summed E-state index contributed by atoms with van der Waals surface area (Å²) in [4.78, 5) is 10.5. The van der Waals surface area contributed by atoms with E-state index in [2.05, 4.69) is 10.8 Å². The number of unbranched alkanes of at least 4 members (excludes halogenated alkanes) is 1. The molecule has 2 saturated carbocycles. The van der Waals surface area contributed by atoms with Gasteiger partial charge in [-0.1, -0.05) is 57.1 Å². The Morgan fingerprint density at radius 1 is 1.00 bits per heavy atom. The zero-order chi connectivity index (χ0) is 19.5. The topological polar surface area (TPSA) is 83.5 Å². The van der Waals surface area contributed by atoms with Crippen molar-refractivity contribution in [3.8, 4) is 0 Å². The molecule has 0 aliphatic heterocycles. The maximum absolute atomic E-state index is 12.6. The predicted molar refractivity (Wildman–Crippen MR) is 109 cm³/mol. The molecule has 6 heteroatoms. The highest BCUT2D eigenvalue weighted by Crippen LogP contribution is 2.29. The first kappa shape index (κ1) is 22.4. The molecule has 0 amide bonds. The highest BCUT2D eigenvalue weighted by molar-refractivity contribution is 7.89. The van der Waals surface area contributed by atoms with Crippen LogP contribution in [-0.2, 0) is 14.8 Å². The molecule has 0 aromatic carbocycles. The summed E-state index contributed by atoms with van der Waals surface area (Å²) in [5.41, 5.74) is 0. The third kappa shape index (κ3) is 9.24. The molecule has 2 aliphatic carbocycles. The predicted octanol–water partition coefficient (Wildman–Crippen LogP) is 4.64. The smallest absolute Gasteiger partial charge is 0.303 e. The second kappa shape index (κ2) is 11.8. The van der Waals surface area contributed by atoms with Crippen molar-refractivity contribution < 1.29 is 18.3 Å². The highest BCUT2D eigenvalue weighted by Gasteiger charge is 2.28. The summed E-state index contributed by atoms with van der Waals surface area (Å²) < 4.78 is 28.2. The lowest BCUT2D eigenvalue weighted by Gasteiger charge is -2.31. The van der Waals surface area contributed by atoms with Gasteiger partial charge in [-0.15, -0.1) is 0 Å². The Morgan fingerprint density at radius 2 is 1.70 bits per heavy atom. The maximum Gasteiger partial charge on any atom is 0.303 e. The second-order valence-corrected chi connectivity index (χ2v) is 10.2. The summed E-state index contributed by atoms with van der Waals surface area (Å²) in [7, 11) is -3.20. The summed E-state index contributed by atoms with van der Waals surface area (Å²) in [6.07, 6.45) is 17.9. The highest BCUT2D eigenvalue weighted by atomic mass is 32.2. The molecule has 2 rings (SSSR count). The first-order valence-electron chi connectivity index (χ1n) is 10.8. The molecule has 0 radical (unpaired) electrons. The number of sulfonamides is 1. The fourth-order valence-electron chi connectivity index (χ4n) is 4.49. The zero-order valence-electron chi connectivity index (χ0n) is 16.6. The monoisotopic (exact) mass is 399 g/mol. The van der Waals surface area contributed by atoms with Crippen molar-refractivity contribution in [3.63, 3.8) is 0 Å². The lowest BCUT2D eigenvalue weighted by molar-refractivity contribution is -0.137. The lowest BCUT2D eigenvalue weighted by Crippen LogP contribution is -2.43. The van der Waals surface area contributed by atoms with E-state index in [1.807, 2.05) is 6.08 Å². The molecule has 5 nitrogen and oxygen atoms in total. The third-order valence-corrected chi connectivity index (χ3v) is 7.56. The van der Waals surface area contributed by atoms with Crippen LogP contribution in [0.2, 0.25) is 0 Å². The van der Waals surface area contributed by atoms with Crippen molar-refractivity contribution in [2.75, 3.05) is 5.75 Å². The zero-order valence-corrected chi connectivity index (χ0v) is 17.4. The number of carbonyl (C=O) groups is 1. The molecule has 0 aromatic heterocycles. The molecule has 2 atom stereocenters. The summed E-state index contributed by atoms with van der Waals surface area (Å²) in [6, 6.07) is 0.0544. The number of rotatable bonds is 11. The van der Waals surface area contributed by atoms with Gasteiger partial charge in [0, 0.05) is 12.5 Å². The van der Waals surface area contributed by atoms with Gasteiger partial charge < -0.3 is 5.11 Å². The van der Waals surface area contributed by atoms with Gasteiger partial charge >= 0.3 is 5.97 Å². The van der Waals surface area contributed by atoms with Crippen LogP contribution in [0.25, 0.3) is 0 Å². The molecule has 0 bridgehead atoms. The molecule has 2 aliphatic rings. The summed E-state index contributed by atoms with van der Waals surface area (Å²) in [6.45, 7) is 0. The molecule has 2 unspecified atom stereocenters. The number of carboxylic acids is 1. The van der Waals surface area contributed by atoms with E-state index in [1.165, 1.54) is 32.1 Å². The normalized spacial score (nSPS) is 25.0. The summed E-state index contributed by atoms with van der Waals surface area (Å²) in [5, 5.41) is 8.65. The minimum atomic E-state index is -3.20. The number of nitrogens with one attached hydrogen (secondary N) is 1. The Labute approximate surface area is 165 Å². The van der Waals surface area contributed by atoms with Crippen LogP contribution in [0.1, 0.15) is 89.9 Å². The molecule has 2 N–H and O–H groups in total. The third-order valence-electron chi connectivity index (χ3n) is 6.13. The van der Waals surface area contributed by atoms with E-state index >= 15 is 0 Å². The van der Waals surface area contributed by atoms with Crippen LogP contribution in [0, 0.1) is 11.8 Å². The standard InChI is InChI=1S/C21H37NO4S/c23-21(24)15-7-2-1-6-12-19-13-8-9-14-20(19)22-27(25,26)17-16-18-10-4-3-5-11-18/h1,6,18-20,22H,2-5,7-17H2,(H,23,24)/b6-1+. The molecule has 0 spiro atoms. The van der Waals surface area contributed by atoms with Gasteiger partial charge in [0.15, 0.2) is 0 Å². The van der Waals surface area contributed by atoms with Crippen LogP contribution in [0.15, 0.2) is 12.2 Å². The molecular formula is C21H37NO4S. The molecule has 156 valence electrons. The van der Waals surface area contributed by atoms with Gasteiger partial charge in [0.1, 0.15) is 0 Å². The van der Waals surface area contributed by atoms with E-state index in [0.717, 1.165) is 44.9 Å². The van der Waals surface area contributed by atoms with Crippen LogP contribution in [0.5, 0.6) is 0 Å². The molecule has 27 heavy (non-hydrogen) atoms. The maximum atomic E-state index is 12.6.